The number of hydrogen-bond donors (Lipinski definition) is 0. The molecule has 0 amide bonds. The van der Waals surface area contributed by atoms with E-state index in [1.54, 1.807) is 0 Å². The van der Waals surface area contributed by atoms with Gasteiger partial charge in [-0.05, 0) is 45.3 Å². The molecule has 0 aliphatic rings. The highest BCUT2D eigenvalue weighted by Gasteiger charge is 2.41. The van der Waals surface area contributed by atoms with Crippen molar-refractivity contribution in [3.8, 4) is 0 Å². The Morgan fingerprint density at radius 3 is 1.91 bits per heavy atom. The molecular weight excluding hydrogens is 300 g/mol. The molecule has 0 bridgehead atoms. The van der Waals surface area contributed by atoms with Crippen LogP contribution in [0, 0.1) is 0 Å². The molecule has 6 heteroatoms. The highest BCUT2D eigenvalue weighted by Crippen LogP contribution is 2.38. The third-order valence-electron chi connectivity index (χ3n) is 3.75. The Labute approximate surface area is 135 Å². The molecule has 0 heterocycles. The summed E-state index contributed by atoms with van der Waals surface area (Å²) in [6.07, 6.45) is -0.331. The minimum Gasteiger partial charge on any atom is -0.469 e. The SMILES string of the molecule is COC(=O)CC[C@@H](O[Si](C)(C)C(C)(C)C)C(=O)OC(C)(C)C. The van der Waals surface area contributed by atoms with E-state index in [-0.39, 0.29) is 23.8 Å². The van der Waals surface area contributed by atoms with Crippen molar-refractivity contribution < 1.29 is 23.5 Å². The van der Waals surface area contributed by atoms with Crippen LogP contribution < -0.4 is 0 Å². The van der Waals surface area contributed by atoms with Crippen molar-refractivity contribution in [1.82, 2.24) is 0 Å². The maximum Gasteiger partial charge on any atom is 0.334 e. The van der Waals surface area contributed by atoms with Crippen LogP contribution in [0.3, 0.4) is 0 Å². The zero-order valence-electron chi connectivity index (χ0n) is 15.5. The number of hydrogen-bond acceptors (Lipinski definition) is 5. The third kappa shape index (κ3) is 7.40. The highest BCUT2D eigenvalue weighted by atomic mass is 28.4. The van der Waals surface area contributed by atoms with Crippen LogP contribution >= 0.6 is 0 Å². The van der Waals surface area contributed by atoms with E-state index in [9.17, 15) is 9.59 Å². The lowest BCUT2D eigenvalue weighted by molar-refractivity contribution is -0.164. The maximum absolute atomic E-state index is 12.4. The van der Waals surface area contributed by atoms with E-state index in [2.05, 4.69) is 38.6 Å². The Kier molecular flexibility index (Phi) is 7.29. The van der Waals surface area contributed by atoms with Crippen molar-refractivity contribution in [1.29, 1.82) is 0 Å². The van der Waals surface area contributed by atoms with Crippen LogP contribution in [0.15, 0.2) is 0 Å². The summed E-state index contributed by atoms with van der Waals surface area (Å²) in [6.45, 7) is 15.9. The smallest absolute Gasteiger partial charge is 0.334 e. The normalized spacial score (nSPS) is 14.4. The average molecular weight is 333 g/mol. The van der Waals surface area contributed by atoms with E-state index in [4.69, 9.17) is 9.16 Å². The maximum atomic E-state index is 12.4. The summed E-state index contributed by atoms with van der Waals surface area (Å²) < 4.78 is 16.2. The van der Waals surface area contributed by atoms with Gasteiger partial charge in [0.25, 0.3) is 0 Å². The average Bonchev–Trinajstić information content (AvgIpc) is 2.30. The molecule has 0 N–H and O–H groups in total. The van der Waals surface area contributed by atoms with Crippen molar-refractivity contribution in [2.24, 2.45) is 0 Å². The first-order chi connectivity index (χ1) is 9.69. The second-order valence-corrected chi connectivity index (χ2v) is 12.8. The molecule has 0 fully saturated rings. The molecule has 0 aromatic carbocycles. The summed E-state index contributed by atoms with van der Waals surface area (Å²) in [6, 6.07) is 0. The second-order valence-electron chi connectivity index (χ2n) is 8.02. The van der Waals surface area contributed by atoms with Crippen molar-refractivity contribution in [3.63, 3.8) is 0 Å². The summed E-state index contributed by atoms with van der Waals surface area (Å²) in [7, 11) is -0.808. The summed E-state index contributed by atoms with van der Waals surface area (Å²) in [5.74, 6) is -0.770. The standard InChI is InChI=1S/C16H32O5Si/c1-15(2,3)20-14(18)12(10-11-13(17)19-7)21-22(8,9)16(4,5)6/h12H,10-11H2,1-9H3/t12-/m1/s1. The molecule has 0 spiro atoms. The minimum atomic E-state index is -2.14. The zero-order chi connectivity index (χ0) is 17.8. The number of ether oxygens (including phenoxy) is 2. The Bertz CT molecular complexity index is 390. The van der Waals surface area contributed by atoms with Gasteiger partial charge in [-0.3, -0.25) is 4.79 Å². The Morgan fingerprint density at radius 1 is 1.05 bits per heavy atom. The van der Waals surface area contributed by atoms with Gasteiger partial charge in [0.1, 0.15) is 11.7 Å². The molecular formula is C16H32O5Si. The van der Waals surface area contributed by atoms with E-state index in [0.717, 1.165) is 0 Å². The first-order valence-corrected chi connectivity index (χ1v) is 10.6. The van der Waals surface area contributed by atoms with Gasteiger partial charge < -0.3 is 13.9 Å². The van der Waals surface area contributed by atoms with Crippen LogP contribution in [0.5, 0.6) is 0 Å². The summed E-state index contributed by atoms with van der Waals surface area (Å²) >= 11 is 0. The molecule has 130 valence electrons. The predicted octanol–water partition coefficient (Wildman–Crippen LogP) is 3.67. The molecule has 0 aliphatic heterocycles. The summed E-state index contributed by atoms with van der Waals surface area (Å²) in [5, 5.41) is -0.0292. The number of esters is 2. The quantitative estimate of drug-likeness (QED) is 0.548. The van der Waals surface area contributed by atoms with E-state index in [1.165, 1.54) is 7.11 Å². The fourth-order valence-electron chi connectivity index (χ4n) is 1.48. The van der Waals surface area contributed by atoms with Crippen molar-refractivity contribution >= 4 is 20.3 Å². The topological polar surface area (TPSA) is 61.8 Å². The van der Waals surface area contributed by atoms with Crippen molar-refractivity contribution in [3.05, 3.63) is 0 Å². The number of carbonyl (C=O) groups excluding carboxylic acids is 2. The van der Waals surface area contributed by atoms with Crippen LogP contribution in [0.4, 0.5) is 0 Å². The van der Waals surface area contributed by atoms with Crippen LogP contribution in [-0.4, -0.2) is 39.1 Å². The third-order valence-corrected chi connectivity index (χ3v) is 8.24. The van der Waals surface area contributed by atoms with Crippen LogP contribution in [0.1, 0.15) is 54.4 Å². The Balaban J connectivity index is 5.09. The van der Waals surface area contributed by atoms with E-state index >= 15 is 0 Å². The highest BCUT2D eigenvalue weighted by molar-refractivity contribution is 6.74. The molecule has 0 aromatic heterocycles. The van der Waals surface area contributed by atoms with Gasteiger partial charge in [-0.1, -0.05) is 20.8 Å². The van der Waals surface area contributed by atoms with E-state index in [0.29, 0.717) is 0 Å². The molecule has 0 radical (unpaired) electrons. The van der Waals surface area contributed by atoms with Gasteiger partial charge in [0, 0.05) is 6.42 Å². The fraction of sp³-hybridized carbons (Fsp3) is 0.875. The minimum absolute atomic E-state index is 0.0292. The van der Waals surface area contributed by atoms with Gasteiger partial charge in [-0.2, -0.15) is 0 Å². The molecule has 0 aliphatic carbocycles. The molecule has 0 aromatic rings. The van der Waals surface area contributed by atoms with E-state index < -0.39 is 26.0 Å². The van der Waals surface area contributed by atoms with Crippen LogP contribution in [-0.2, 0) is 23.5 Å². The van der Waals surface area contributed by atoms with Gasteiger partial charge in [0.2, 0.25) is 0 Å². The molecule has 5 nitrogen and oxygen atoms in total. The number of rotatable bonds is 6. The molecule has 0 rings (SSSR count). The second kappa shape index (κ2) is 7.59. The largest absolute Gasteiger partial charge is 0.469 e. The van der Waals surface area contributed by atoms with Gasteiger partial charge in [0.05, 0.1) is 7.11 Å². The Hall–Kier alpha value is -0.883. The first-order valence-electron chi connectivity index (χ1n) is 7.67. The lowest BCUT2D eigenvalue weighted by Crippen LogP contribution is -2.47. The summed E-state index contributed by atoms with van der Waals surface area (Å²) in [4.78, 5) is 23.8. The number of carbonyl (C=O) groups is 2. The molecule has 0 unspecified atom stereocenters. The lowest BCUT2D eigenvalue weighted by Gasteiger charge is -2.39. The van der Waals surface area contributed by atoms with Gasteiger partial charge >= 0.3 is 11.9 Å². The Morgan fingerprint density at radius 2 is 1.55 bits per heavy atom. The zero-order valence-corrected chi connectivity index (χ0v) is 16.5. The lowest BCUT2D eigenvalue weighted by atomic mass is 10.1. The van der Waals surface area contributed by atoms with Crippen LogP contribution in [0.25, 0.3) is 0 Å². The van der Waals surface area contributed by atoms with Gasteiger partial charge in [-0.25, -0.2) is 4.79 Å². The molecule has 22 heavy (non-hydrogen) atoms. The van der Waals surface area contributed by atoms with Crippen LogP contribution in [0.2, 0.25) is 18.1 Å². The van der Waals surface area contributed by atoms with Gasteiger partial charge in [-0.15, -0.1) is 0 Å². The fourth-order valence-corrected chi connectivity index (χ4v) is 2.75. The predicted molar refractivity (Wildman–Crippen MR) is 89.2 cm³/mol. The first kappa shape index (κ1) is 21.1. The summed E-state index contributed by atoms with van der Waals surface area (Å²) in [5.41, 5.74) is -0.586. The molecule has 0 saturated carbocycles. The molecule has 1 atom stereocenters. The number of methoxy groups -OCH3 is 1. The van der Waals surface area contributed by atoms with Crippen molar-refractivity contribution in [2.45, 2.75) is 84.2 Å². The molecule has 0 saturated heterocycles. The van der Waals surface area contributed by atoms with Gasteiger partial charge in [0.15, 0.2) is 8.32 Å². The van der Waals surface area contributed by atoms with Crippen molar-refractivity contribution in [2.75, 3.05) is 7.11 Å². The monoisotopic (exact) mass is 332 g/mol. The van der Waals surface area contributed by atoms with E-state index in [1.807, 2.05) is 20.8 Å².